The lowest BCUT2D eigenvalue weighted by atomic mass is 10.1. The van der Waals surface area contributed by atoms with Crippen molar-refractivity contribution >= 4 is 40.3 Å². The molecule has 3 rings (SSSR count). The van der Waals surface area contributed by atoms with Crippen LogP contribution in [-0.4, -0.2) is 91.6 Å². The number of methoxy groups -OCH3 is 2. The van der Waals surface area contributed by atoms with Gasteiger partial charge in [-0.3, -0.25) is 14.4 Å². The molecule has 1 aromatic rings. The van der Waals surface area contributed by atoms with Crippen LogP contribution in [0.2, 0.25) is 0 Å². The second kappa shape index (κ2) is 12.7. The SMILES string of the molecule is COCCN(CCOC)C(=O)c1ccc(NC(=O)CC2SC(N3CCCCC3)=NC2=O)cc1. The number of aliphatic imine (C=N–C) groups is 1. The van der Waals surface area contributed by atoms with E-state index in [1.54, 1.807) is 43.4 Å². The molecular formula is C23H32N4O5S. The van der Waals surface area contributed by atoms with Crippen LogP contribution in [0.25, 0.3) is 0 Å². The highest BCUT2D eigenvalue weighted by Crippen LogP contribution is 2.29. The monoisotopic (exact) mass is 476 g/mol. The van der Waals surface area contributed by atoms with E-state index >= 15 is 0 Å². The van der Waals surface area contributed by atoms with Crippen molar-refractivity contribution in [3.05, 3.63) is 29.8 Å². The van der Waals surface area contributed by atoms with Crippen molar-refractivity contribution in [3.8, 4) is 0 Å². The Hall–Kier alpha value is -2.43. The molecule has 1 aromatic carbocycles. The van der Waals surface area contributed by atoms with Gasteiger partial charge in [0.1, 0.15) is 5.25 Å². The number of ether oxygens (including phenoxy) is 2. The first-order valence-corrected chi connectivity index (χ1v) is 12.1. The van der Waals surface area contributed by atoms with Crippen molar-refractivity contribution in [2.45, 2.75) is 30.9 Å². The summed E-state index contributed by atoms with van der Waals surface area (Å²) in [6.07, 6.45) is 3.48. The predicted octanol–water partition coefficient (Wildman–Crippen LogP) is 2.23. The summed E-state index contributed by atoms with van der Waals surface area (Å²) in [5.74, 6) is -0.627. The van der Waals surface area contributed by atoms with Crippen LogP contribution in [0, 0.1) is 0 Å². The maximum Gasteiger partial charge on any atom is 0.262 e. The zero-order valence-electron chi connectivity index (χ0n) is 19.2. The van der Waals surface area contributed by atoms with Crippen LogP contribution in [0.15, 0.2) is 29.3 Å². The standard InChI is InChI=1S/C23H32N4O5S/c1-31-14-12-26(13-15-32-2)22(30)17-6-8-18(9-7-17)24-20(28)16-19-21(29)25-23(33-19)27-10-4-3-5-11-27/h6-9,19H,3-5,10-16H2,1-2H3,(H,24,28). The quantitative estimate of drug-likeness (QED) is 0.553. The maximum absolute atomic E-state index is 12.8. The summed E-state index contributed by atoms with van der Waals surface area (Å²) >= 11 is 1.38. The number of likely N-dealkylation sites (tertiary alicyclic amines) is 1. The van der Waals surface area contributed by atoms with E-state index in [1.807, 2.05) is 0 Å². The van der Waals surface area contributed by atoms with Gasteiger partial charge in [0.2, 0.25) is 5.91 Å². The van der Waals surface area contributed by atoms with Crippen molar-refractivity contribution in [2.24, 2.45) is 4.99 Å². The molecule has 1 fully saturated rings. The number of rotatable bonds is 10. The van der Waals surface area contributed by atoms with Crippen LogP contribution in [-0.2, 0) is 19.1 Å². The van der Waals surface area contributed by atoms with Crippen molar-refractivity contribution < 1.29 is 23.9 Å². The molecule has 0 radical (unpaired) electrons. The van der Waals surface area contributed by atoms with Crippen molar-refractivity contribution in [1.29, 1.82) is 0 Å². The molecule has 180 valence electrons. The number of benzene rings is 1. The molecule has 2 aliphatic rings. The van der Waals surface area contributed by atoms with Gasteiger partial charge in [-0.15, -0.1) is 0 Å². The molecule has 0 spiro atoms. The number of nitrogens with zero attached hydrogens (tertiary/aromatic N) is 3. The summed E-state index contributed by atoms with van der Waals surface area (Å²) in [6, 6.07) is 6.74. The Kier molecular flexibility index (Phi) is 9.71. The summed E-state index contributed by atoms with van der Waals surface area (Å²) in [5.41, 5.74) is 1.09. The summed E-state index contributed by atoms with van der Waals surface area (Å²) < 4.78 is 10.2. The minimum Gasteiger partial charge on any atom is -0.383 e. The number of amidine groups is 1. The van der Waals surface area contributed by atoms with E-state index in [0.29, 0.717) is 37.6 Å². The fourth-order valence-corrected chi connectivity index (χ4v) is 4.82. The number of thioether (sulfide) groups is 1. The summed E-state index contributed by atoms with van der Waals surface area (Å²) in [5, 5.41) is 3.07. The molecule has 1 N–H and O–H groups in total. The molecule has 0 saturated carbocycles. The zero-order valence-corrected chi connectivity index (χ0v) is 20.1. The molecule has 1 unspecified atom stereocenters. The van der Waals surface area contributed by atoms with Gasteiger partial charge in [-0.25, -0.2) is 0 Å². The fraction of sp³-hybridized carbons (Fsp3) is 0.565. The molecule has 3 amide bonds. The van der Waals surface area contributed by atoms with Crippen LogP contribution >= 0.6 is 11.8 Å². The van der Waals surface area contributed by atoms with Gasteiger partial charge in [-0.05, 0) is 43.5 Å². The van der Waals surface area contributed by atoms with E-state index in [2.05, 4.69) is 15.2 Å². The number of amides is 3. The normalized spacial score (nSPS) is 18.2. The molecule has 1 saturated heterocycles. The van der Waals surface area contributed by atoms with E-state index in [9.17, 15) is 14.4 Å². The summed E-state index contributed by atoms with van der Waals surface area (Å²) in [7, 11) is 3.18. The van der Waals surface area contributed by atoms with Gasteiger partial charge in [0.05, 0.1) is 13.2 Å². The Morgan fingerprint density at radius 2 is 1.73 bits per heavy atom. The summed E-state index contributed by atoms with van der Waals surface area (Å²) in [4.78, 5) is 45.6. The third-order valence-electron chi connectivity index (χ3n) is 5.56. The van der Waals surface area contributed by atoms with Crippen LogP contribution in [0.1, 0.15) is 36.0 Å². The van der Waals surface area contributed by atoms with E-state index in [-0.39, 0.29) is 24.1 Å². The topological polar surface area (TPSA) is 101 Å². The second-order valence-corrected chi connectivity index (χ2v) is 9.16. The van der Waals surface area contributed by atoms with Crippen molar-refractivity contribution in [3.63, 3.8) is 0 Å². The van der Waals surface area contributed by atoms with Crippen molar-refractivity contribution in [1.82, 2.24) is 9.80 Å². The Balaban J connectivity index is 1.51. The van der Waals surface area contributed by atoms with Gasteiger partial charge in [0.15, 0.2) is 5.17 Å². The lowest BCUT2D eigenvalue weighted by Crippen LogP contribution is -2.36. The lowest BCUT2D eigenvalue weighted by molar-refractivity contribution is -0.121. The Labute approximate surface area is 198 Å². The predicted molar refractivity (Wildman–Crippen MR) is 129 cm³/mol. The highest BCUT2D eigenvalue weighted by molar-refractivity contribution is 8.15. The molecule has 0 aromatic heterocycles. The molecule has 2 aliphatic heterocycles. The van der Waals surface area contributed by atoms with Gasteiger partial charge in [0.25, 0.3) is 11.8 Å². The molecule has 9 nitrogen and oxygen atoms in total. The Bertz CT molecular complexity index is 847. The number of anilines is 1. The zero-order chi connectivity index (χ0) is 23.6. The molecular weight excluding hydrogens is 444 g/mol. The minimum absolute atomic E-state index is 0.0623. The third kappa shape index (κ3) is 7.28. The number of nitrogens with one attached hydrogen (secondary N) is 1. The highest BCUT2D eigenvalue weighted by Gasteiger charge is 2.33. The summed E-state index contributed by atoms with van der Waals surface area (Å²) in [6.45, 7) is 3.63. The van der Waals surface area contributed by atoms with Gasteiger partial charge in [0, 0.05) is 58.1 Å². The molecule has 0 bridgehead atoms. The van der Waals surface area contributed by atoms with Gasteiger partial charge >= 0.3 is 0 Å². The van der Waals surface area contributed by atoms with Gasteiger partial charge in [-0.2, -0.15) is 4.99 Å². The highest BCUT2D eigenvalue weighted by atomic mass is 32.2. The third-order valence-corrected chi connectivity index (χ3v) is 6.77. The van der Waals surface area contributed by atoms with E-state index in [1.165, 1.54) is 18.2 Å². The molecule has 2 heterocycles. The first-order chi connectivity index (χ1) is 16.0. The number of carbonyl (C=O) groups excluding carboxylic acids is 3. The number of carbonyl (C=O) groups is 3. The van der Waals surface area contributed by atoms with E-state index in [4.69, 9.17) is 9.47 Å². The average molecular weight is 477 g/mol. The first kappa shape index (κ1) is 25.2. The van der Waals surface area contributed by atoms with Crippen LogP contribution in [0.5, 0.6) is 0 Å². The Morgan fingerprint density at radius 3 is 2.33 bits per heavy atom. The van der Waals surface area contributed by atoms with Crippen LogP contribution in [0.4, 0.5) is 5.69 Å². The van der Waals surface area contributed by atoms with Gasteiger partial charge in [-0.1, -0.05) is 11.8 Å². The van der Waals surface area contributed by atoms with Gasteiger partial charge < -0.3 is 24.6 Å². The maximum atomic E-state index is 12.8. The number of hydrogen-bond donors (Lipinski definition) is 1. The number of hydrogen-bond acceptors (Lipinski definition) is 7. The fourth-order valence-electron chi connectivity index (χ4n) is 3.71. The average Bonchev–Trinajstić information content (AvgIpc) is 3.19. The van der Waals surface area contributed by atoms with Crippen LogP contribution in [0.3, 0.4) is 0 Å². The molecule has 33 heavy (non-hydrogen) atoms. The minimum atomic E-state index is -0.488. The number of piperidine rings is 1. The molecule has 10 heteroatoms. The van der Waals surface area contributed by atoms with Crippen molar-refractivity contribution in [2.75, 3.05) is 58.9 Å². The second-order valence-electron chi connectivity index (χ2n) is 7.99. The van der Waals surface area contributed by atoms with Crippen LogP contribution < -0.4 is 5.32 Å². The first-order valence-electron chi connectivity index (χ1n) is 11.2. The van der Waals surface area contributed by atoms with E-state index < -0.39 is 5.25 Å². The smallest absolute Gasteiger partial charge is 0.262 e. The Morgan fingerprint density at radius 1 is 1.09 bits per heavy atom. The largest absolute Gasteiger partial charge is 0.383 e. The molecule has 0 aliphatic carbocycles. The molecule has 1 atom stereocenters. The lowest BCUT2D eigenvalue weighted by Gasteiger charge is -2.27. The van der Waals surface area contributed by atoms with E-state index in [0.717, 1.165) is 31.1 Å².